The van der Waals surface area contributed by atoms with Crippen molar-refractivity contribution in [1.29, 1.82) is 0 Å². The van der Waals surface area contributed by atoms with Crippen molar-refractivity contribution in [3.8, 4) is 5.75 Å². The number of hydrogen-bond acceptors (Lipinski definition) is 4. The van der Waals surface area contributed by atoms with Crippen LogP contribution in [0.2, 0.25) is 5.02 Å². The number of rotatable bonds is 4. The lowest BCUT2D eigenvalue weighted by Crippen LogP contribution is -2.00. The quantitative estimate of drug-likeness (QED) is 0.531. The van der Waals surface area contributed by atoms with E-state index in [9.17, 15) is 14.5 Å². The van der Waals surface area contributed by atoms with Crippen molar-refractivity contribution in [3.05, 3.63) is 62.9 Å². The van der Waals surface area contributed by atoms with Gasteiger partial charge in [-0.25, -0.2) is 4.39 Å². The minimum atomic E-state index is -0.615. The van der Waals surface area contributed by atoms with Crippen LogP contribution in [-0.4, -0.2) is 4.92 Å². The first-order valence-electron chi connectivity index (χ1n) is 5.58. The number of hydrogen-bond donors (Lipinski definition) is 1. The number of nitrogens with two attached hydrogens (primary N) is 1. The molecule has 0 saturated heterocycles. The Morgan fingerprint density at radius 3 is 2.55 bits per heavy atom. The summed E-state index contributed by atoms with van der Waals surface area (Å²) < 4.78 is 18.1. The molecule has 7 heteroatoms. The Hall–Kier alpha value is -2.34. The maximum absolute atomic E-state index is 12.7. The van der Waals surface area contributed by atoms with E-state index in [0.29, 0.717) is 5.56 Å². The highest BCUT2D eigenvalue weighted by molar-refractivity contribution is 6.32. The second kappa shape index (κ2) is 5.75. The first-order chi connectivity index (χ1) is 9.47. The van der Waals surface area contributed by atoms with Gasteiger partial charge < -0.3 is 10.5 Å². The zero-order valence-corrected chi connectivity index (χ0v) is 10.9. The van der Waals surface area contributed by atoms with Gasteiger partial charge in [-0.15, -0.1) is 0 Å². The summed E-state index contributed by atoms with van der Waals surface area (Å²) in [6.07, 6.45) is 0. The molecule has 0 heterocycles. The summed E-state index contributed by atoms with van der Waals surface area (Å²) in [5, 5.41) is 11.0. The van der Waals surface area contributed by atoms with Crippen molar-refractivity contribution in [1.82, 2.24) is 0 Å². The molecule has 0 saturated carbocycles. The second-order valence-electron chi connectivity index (χ2n) is 4.01. The van der Waals surface area contributed by atoms with E-state index in [4.69, 9.17) is 22.1 Å². The fraction of sp³-hybridized carbons (Fsp3) is 0.0769. The van der Waals surface area contributed by atoms with Gasteiger partial charge in [0.15, 0.2) is 0 Å². The van der Waals surface area contributed by atoms with Crippen LogP contribution in [0.3, 0.4) is 0 Å². The fourth-order valence-electron chi connectivity index (χ4n) is 1.57. The number of anilines is 1. The largest absolute Gasteiger partial charge is 0.487 e. The molecule has 0 aromatic heterocycles. The van der Waals surface area contributed by atoms with Crippen molar-refractivity contribution in [2.45, 2.75) is 6.61 Å². The number of nitro benzene ring substituents is 1. The molecule has 5 nitrogen and oxygen atoms in total. The lowest BCUT2D eigenvalue weighted by molar-refractivity contribution is -0.384. The van der Waals surface area contributed by atoms with E-state index in [0.717, 1.165) is 0 Å². The van der Waals surface area contributed by atoms with Crippen LogP contribution in [0.25, 0.3) is 0 Å². The van der Waals surface area contributed by atoms with Crippen LogP contribution >= 0.6 is 11.6 Å². The molecule has 0 aliphatic heterocycles. The topological polar surface area (TPSA) is 78.4 Å². The average Bonchev–Trinajstić information content (AvgIpc) is 2.39. The molecule has 0 spiro atoms. The van der Waals surface area contributed by atoms with E-state index in [1.54, 1.807) is 12.1 Å². The highest BCUT2D eigenvalue weighted by atomic mass is 35.5. The summed E-state index contributed by atoms with van der Waals surface area (Å²) in [6, 6.07) is 8.13. The van der Waals surface area contributed by atoms with Gasteiger partial charge in [-0.1, -0.05) is 23.7 Å². The third-order valence-electron chi connectivity index (χ3n) is 2.59. The van der Waals surface area contributed by atoms with Gasteiger partial charge in [0.05, 0.1) is 16.0 Å². The highest BCUT2D eigenvalue weighted by Gasteiger charge is 2.16. The van der Waals surface area contributed by atoms with Crippen LogP contribution < -0.4 is 10.5 Å². The fourth-order valence-corrected chi connectivity index (χ4v) is 1.80. The molecule has 2 N–H and O–H groups in total. The first-order valence-corrected chi connectivity index (χ1v) is 5.96. The van der Waals surface area contributed by atoms with Crippen molar-refractivity contribution in [2.24, 2.45) is 0 Å². The van der Waals surface area contributed by atoms with Crippen LogP contribution in [0.5, 0.6) is 5.75 Å². The maximum atomic E-state index is 12.7. The molecular weight excluding hydrogens is 287 g/mol. The number of halogens is 2. The predicted octanol–water partition coefficient (Wildman–Crippen LogP) is 3.55. The maximum Gasteiger partial charge on any atom is 0.295 e. The molecule has 2 rings (SSSR count). The summed E-state index contributed by atoms with van der Waals surface area (Å²) in [5.74, 6) is -0.202. The molecule has 20 heavy (non-hydrogen) atoms. The molecule has 0 bridgehead atoms. The van der Waals surface area contributed by atoms with E-state index in [2.05, 4.69) is 0 Å². The molecule has 0 unspecified atom stereocenters. The zero-order chi connectivity index (χ0) is 14.7. The third kappa shape index (κ3) is 3.16. The van der Waals surface area contributed by atoms with E-state index in [1.165, 1.54) is 24.3 Å². The van der Waals surface area contributed by atoms with Gasteiger partial charge in [0.1, 0.15) is 23.9 Å². The van der Waals surface area contributed by atoms with Crippen LogP contribution in [0, 0.1) is 15.9 Å². The Labute approximate surface area is 118 Å². The monoisotopic (exact) mass is 296 g/mol. The van der Waals surface area contributed by atoms with E-state index in [-0.39, 0.29) is 34.6 Å². The van der Waals surface area contributed by atoms with E-state index < -0.39 is 4.92 Å². The molecule has 0 amide bonds. The second-order valence-corrected chi connectivity index (χ2v) is 4.42. The number of ether oxygens (including phenoxy) is 1. The smallest absolute Gasteiger partial charge is 0.295 e. The van der Waals surface area contributed by atoms with Gasteiger partial charge >= 0.3 is 0 Å². The summed E-state index contributed by atoms with van der Waals surface area (Å²) in [7, 11) is 0. The van der Waals surface area contributed by atoms with E-state index >= 15 is 0 Å². The van der Waals surface area contributed by atoms with E-state index in [1.807, 2.05) is 0 Å². The molecule has 0 radical (unpaired) electrons. The van der Waals surface area contributed by atoms with Crippen LogP contribution in [0.4, 0.5) is 15.8 Å². The number of benzene rings is 2. The zero-order valence-electron chi connectivity index (χ0n) is 10.2. The Bertz CT molecular complexity index is 647. The van der Waals surface area contributed by atoms with Crippen LogP contribution in [0.1, 0.15) is 5.56 Å². The normalized spacial score (nSPS) is 10.3. The molecule has 104 valence electrons. The molecule has 0 fully saturated rings. The summed E-state index contributed by atoms with van der Waals surface area (Å²) in [6.45, 7) is 0.112. The van der Waals surface area contributed by atoms with Crippen molar-refractivity contribution in [3.63, 3.8) is 0 Å². The van der Waals surface area contributed by atoms with Gasteiger partial charge in [-0.2, -0.15) is 0 Å². The summed E-state index contributed by atoms with van der Waals surface area (Å²) in [4.78, 5) is 10.2. The molecule has 2 aromatic carbocycles. The van der Waals surface area contributed by atoms with Gasteiger partial charge in [0.2, 0.25) is 0 Å². The number of nitro groups is 1. The van der Waals surface area contributed by atoms with Crippen molar-refractivity contribution >= 4 is 23.0 Å². The SMILES string of the molecule is Nc1cc(Cl)c(OCc2ccc(F)cc2)cc1[N+](=O)[O-]. The Balaban J connectivity index is 2.18. The third-order valence-corrected chi connectivity index (χ3v) is 2.88. The molecule has 0 aliphatic rings. The van der Waals surface area contributed by atoms with Crippen LogP contribution in [-0.2, 0) is 6.61 Å². The summed E-state index contributed by atoms with van der Waals surface area (Å²) >= 11 is 5.91. The minimum Gasteiger partial charge on any atom is -0.487 e. The van der Waals surface area contributed by atoms with Crippen LogP contribution in [0.15, 0.2) is 36.4 Å². The van der Waals surface area contributed by atoms with Crippen molar-refractivity contribution < 1.29 is 14.1 Å². The van der Waals surface area contributed by atoms with Gasteiger partial charge in [-0.05, 0) is 23.8 Å². The lowest BCUT2D eigenvalue weighted by Gasteiger charge is -2.09. The molecule has 0 atom stereocenters. The predicted molar refractivity (Wildman–Crippen MR) is 73.3 cm³/mol. The minimum absolute atomic E-state index is 0.0332. The Morgan fingerprint density at radius 1 is 1.30 bits per heavy atom. The molecular formula is C13H10ClFN2O3. The highest BCUT2D eigenvalue weighted by Crippen LogP contribution is 2.34. The lowest BCUT2D eigenvalue weighted by atomic mass is 10.2. The summed E-state index contributed by atoms with van der Waals surface area (Å²) in [5.41, 5.74) is 5.89. The Morgan fingerprint density at radius 2 is 1.95 bits per heavy atom. The average molecular weight is 297 g/mol. The van der Waals surface area contributed by atoms with Gasteiger partial charge in [-0.3, -0.25) is 10.1 Å². The van der Waals surface area contributed by atoms with Gasteiger partial charge in [0, 0.05) is 0 Å². The first kappa shape index (κ1) is 14.1. The number of nitrogen functional groups attached to an aromatic ring is 1. The molecule has 2 aromatic rings. The molecule has 0 aliphatic carbocycles. The Kier molecular flexibility index (Phi) is 4.05. The standard InChI is InChI=1S/C13H10ClFN2O3/c14-10-5-11(16)12(17(18)19)6-13(10)20-7-8-1-3-9(15)4-2-8/h1-6H,7,16H2. The van der Waals surface area contributed by atoms with Crippen molar-refractivity contribution in [2.75, 3.05) is 5.73 Å². The number of nitrogens with zero attached hydrogens (tertiary/aromatic N) is 1. The van der Waals surface area contributed by atoms with Gasteiger partial charge in [0.25, 0.3) is 5.69 Å².